The van der Waals surface area contributed by atoms with E-state index in [1.807, 2.05) is 0 Å². The van der Waals surface area contributed by atoms with Crippen LogP contribution in [0.2, 0.25) is 5.02 Å². The van der Waals surface area contributed by atoms with Gasteiger partial charge < -0.3 is 10.4 Å². The molecule has 1 aromatic carbocycles. The van der Waals surface area contributed by atoms with Gasteiger partial charge >= 0.3 is 5.97 Å². The van der Waals surface area contributed by atoms with Crippen molar-refractivity contribution in [1.82, 2.24) is 0 Å². The van der Waals surface area contributed by atoms with Crippen molar-refractivity contribution >= 4 is 23.3 Å². The standard InChI is InChI=1S/C16H22ClNO2/c1-11-2-4-12(5-3-11)8-9-18-13-6-7-14(16(19)20)15(17)10-13/h6-7,10-12,18H,2-5,8-9H2,1H3,(H,19,20). The van der Waals surface area contributed by atoms with Crippen LogP contribution < -0.4 is 5.32 Å². The van der Waals surface area contributed by atoms with Gasteiger partial charge in [0.2, 0.25) is 0 Å². The summed E-state index contributed by atoms with van der Waals surface area (Å²) in [4.78, 5) is 10.9. The Morgan fingerprint density at radius 1 is 1.35 bits per heavy atom. The van der Waals surface area contributed by atoms with Gasteiger partial charge in [0.05, 0.1) is 10.6 Å². The molecular weight excluding hydrogens is 274 g/mol. The molecule has 110 valence electrons. The molecule has 0 spiro atoms. The minimum atomic E-state index is -0.988. The summed E-state index contributed by atoms with van der Waals surface area (Å²) >= 11 is 5.95. The highest BCUT2D eigenvalue weighted by Gasteiger charge is 2.17. The van der Waals surface area contributed by atoms with Gasteiger partial charge in [-0.25, -0.2) is 4.79 Å². The molecule has 20 heavy (non-hydrogen) atoms. The minimum Gasteiger partial charge on any atom is -0.478 e. The summed E-state index contributed by atoms with van der Waals surface area (Å²) in [5, 5.41) is 12.5. The molecule has 0 saturated heterocycles. The number of hydrogen-bond donors (Lipinski definition) is 2. The van der Waals surface area contributed by atoms with Crippen molar-refractivity contribution in [2.75, 3.05) is 11.9 Å². The summed E-state index contributed by atoms with van der Waals surface area (Å²) in [6.07, 6.45) is 6.54. The van der Waals surface area contributed by atoms with Crippen LogP contribution in [0.25, 0.3) is 0 Å². The Morgan fingerprint density at radius 2 is 2.05 bits per heavy atom. The molecule has 1 aromatic rings. The van der Waals surface area contributed by atoms with Gasteiger partial charge in [-0.3, -0.25) is 0 Å². The molecule has 0 radical (unpaired) electrons. The smallest absolute Gasteiger partial charge is 0.337 e. The molecule has 0 unspecified atom stereocenters. The maximum absolute atomic E-state index is 10.9. The average molecular weight is 296 g/mol. The van der Waals surface area contributed by atoms with E-state index in [-0.39, 0.29) is 10.6 Å². The lowest BCUT2D eigenvalue weighted by Gasteiger charge is -2.26. The lowest BCUT2D eigenvalue weighted by atomic mass is 9.81. The summed E-state index contributed by atoms with van der Waals surface area (Å²) in [6, 6.07) is 5.02. The first-order valence-corrected chi connectivity index (χ1v) is 7.70. The van der Waals surface area contributed by atoms with Crippen LogP contribution in [0.3, 0.4) is 0 Å². The maximum Gasteiger partial charge on any atom is 0.337 e. The third kappa shape index (κ3) is 4.14. The van der Waals surface area contributed by atoms with Crippen LogP contribution in [-0.4, -0.2) is 17.6 Å². The fourth-order valence-corrected chi connectivity index (χ4v) is 3.10. The average Bonchev–Trinajstić information content (AvgIpc) is 2.41. The van der Waals surface area contributed by atoms with E-state index in [9.17, 15) is 4.79 Å². The molecule has 4 heteroatoms. The monoisotopic (exact) mass is 295 g/mol. The van der Waals surface area contributed by atoms with E-state index in [2.05, 4.69) is 12.2 Å². The summed E-state index contributed by atoms with van der Waals surface area (Å²) in [7, 11) is 0. The summed E-state index contributed by atoms with van der Waals surface area (Å²) in [5.74, 6) is 0.729. The number of hydrogen-bond acceptors (Lipinski definition) is 2. The van der Waals surface area contributed by atoms with Crippen molar-refractivity contribution in [3.8, 4) is 0 Å². The zero-order chi connectivity index (χ0) is 14.5. The van der Waals surface area contributed by atoms with Crippen LogP contribution in [0, 0.1) is 11.8 Å². The van der Waals surface area contributed by atoms with Crippen LogP contribution in [0.5, 0.6) is 0 Å². The molecule has 0 heterocycles. The molecule has 1 saturated carbocycles. The molecule has 0 aliphatic heterocycles. The molecule has 0 aromatic heterocycles. The highest BCUT2D eigenvalue weighted by atomic mass is 35.5. The summed E-state index contributed by atoms with van der Waals surface area (Å²) in [6.45, 7) is 3.25. The first-order chi connectivity index (χ1) is 9.56. The Bertz CT molecular complexity index is 468. The number of halogens is 1. The van der Waals surface area contributed by atoms with Gasteiger partial charge in [-0.2, -0.15) is 0 Å². The fraction of sp³-hybridized carbons (Fsp3) is 0.562. The number of carboxylic acids is 1. The van der Waals surface area contributed by atoms with Crippen molar-refractivity contribution in [3.63, 3.8) is 0 Å². The Balaban J connectivity index is 1.79. The number of aromatic carboxylic acids is 1. The van der Waals surface area contributed by atoms with E-state index in [1.165, 1.54) is 32.1 Å². The second-order valence-electron chi connectivity index (χ2n) is 5.84. The van der Waals surface area contributed by atoms with Crippen LogP contribution >= 0.6 is 11.6 Å². The molecular formula is C16H22ClNO2. The largest absolute Gasteiger partial charge is 0.478 e. The van der Waals surface area contributed by atoms with Crippen molar-refractivity contribution in [3.05, 3.63) is 28.8 Å². The SMILES string of the molecule is CC1CCC(CCNc2ccc(C(=O)O)c(Cl)c2)CC1. The fourth-order valence-electron chi connectivity index (χ4n) is 2.84. The maximum atomic E-state index is 10.9. The highest BCUT2D eigenvalue weighted by Crippen LogP contribution is 2.30. The number of carboxylic acid groups (broad SMARTS) is 1. The number of anilines is 1. The van der Waals surface area contributed by atoms with E-state index in [4.69, 9.17) is 16.7 Å². The van der Waals surface area contributed by atoms with Gasteiger partial charge in [0.25, 0.3) is 0 Å². The highest BCUT2D eigenvalue weighted by molar-refractivity contribution is 6.33. The van der Waals surface area contributed by atoms with Gasteiger partial charge in [0.15, 0.2) is 0 Å². The normalized spacial score (nSPS) is 22.5. The number of benzene rings is 1. The third-order valence-electron chi connectivity index (χ3n) is 4.22. The molecule has 1 aliphatic carbocycles. The number of carbonyl (C=O) groups is 1. The number of rotatable bonds is 5. The second kappa shape index (κ2) is 6.98. The molecule has 1 aliphatic rings. The molecule has 0 bridgehead atoms. The molecule has 0 amide bonds. The van der Waals surface area contributed by atoms with Gasteiger partial charge in [-0.1, -0.05) is 44.2 Å². The summed E-state index contributed by atoms with van der Waals surface area (Å²) < 4.78 is 0. The first kappa shape index (κ1) is 15.2. The molecule has 0 atom stereocenters. The predicted octanol–water partition coefficient (Wildman–Crippen LogP) is 4.67. The third-order valence-corrected chi connectivity index (χ3v) is 4.53. The zero-order valence-electron chi connectivity index (χ0n) is 11.9. The van der Waals surface area contributed by atoms with E-state index in [0.717, 1.165) is 24.1 Å². The van der Waals surface area contributed by atoms with Gasteiger partial charge in [0.1, 0.15) is 0 Å². The Labute approximate surface area is 125 Å². The van der Waals surface area contributed by atoms with Crippen LogP contribution in [0.4, 0.5) is 5.69 Å². The van der Waals surface area contributed by atoms with Crippen LogP contribution in [0.15, 0.2) is 18.2 Å². The summed E-state index contributed by atoms with van der Waals surface area (Å²) in [5.41, 5.74) is 1.04. The number of nitrogens with one attached hydrogen (secondary N) is 1. The topological polar surface area (TPSA) is 49.3 Å². The van der Waals surface area contributed by atoms with Gasteiger partial charge in [-0.05, 0) is 36.5 Å². The Kier molecular flexibility index (Phi) is 5.30. The van der Waals surface area contributed by atoms with Crippen LogP contribution in [0.1, 0.15) is 49.4 Å². The zero-order valence-corrected chi connectivity index (χ0v) is 12.6. The van der Waals surface area contributed by atoms with Crippen molar-refractivity contribution in [2.24, 2.45) is 11.8 Å². The molecule has 3 nitrogen and oxygen atoms in total. The lowest BCUT2D eigenvalue weighted by Crippen LogP contribution is -2.15. The molecule has 1 fully saturated rings. The van der Waals surface area contributed by atoms with E-state index in [0.29, 0.717) is 0 Å². The van der Waals surface area contributed by atoms with Crippen molar-refractivity contribution < 1.29 is 9.90 Å². The molecule has 2 rings (SSSR count). The lowest BCUT2D eigenvalue weighted by molar-refractivity contribution is 0.0697. The quantitative estimate of drug-likeness (QED) is 0.830. The first-order valence-electron chi connectivity index (χ1n) is 7.33. The van der Waals surface area contributed by atoms with Crippen molar-refractivity contribution in [1.29, 1.82) is 0 Å². The van der Waals surface area contributed by atoms with E-state index >= 15 is 0 Å². The second-order valence-corrected chi connectivity index (χ2v) is 6.25. The van der Waals surface area contributed by atoms with E-state index in [1.54, 1.807) is 18.2 Å². The van der Waals surface area contributed by atoms with E-state index < -0.39 is 5.97 Å². The van der Waals surface area contributed by atoms with Crippen LogP contribution in [-0.2, 0) is 0 Å². The van der Waals surface area contributed by atoms with Gasteiger partial charge in [0, 0.05) is 12.2 Å². The molecule has 2 N–H and O–H groups in total. The Hall–Kier alpha value is -1.22. The minimum absolute atomic E-state index is 0.151. The Morgan fingerprint density at radius 3 is 2.65 bits per heavy atom. The van der Waals surface area contributed by atoms with Gasteiger partial charge in [-0.15, -0.1) is 0 Å². The van der Waals surface area contributed by atoms with Crippen molar-refractivity contribution in [2.45, 2.75) is 39.0 Å². The predicted molar refractivity (Wildman–Crippen MR) is 82.6 cm³/mol.